The van der Waals surface area contributed by atoms with Gasteiger partial charge in [-0.25, -0.2) is 0 Å². The molecule has 0 saturated heterocycles. The Morgan fingerprint density at radius 1 is 0.622 bits per heavy atom. The van der Waals surface area contributed by atoms with E-state index in [9.17, 15) is 5.11 Å². The fraction of sp³-hybridized carbons (Fsp3) is 0.273. The maximum absolute atomic E-state index is 11.5. The molecule has 0 fully saturated rings. The average molecular weight is 779 g/mol. The van der Waals surface area contributed by atoms with Crippen LogP contribution in [0, 0.1) is 0 Å². The molecule has 2 aliphatic rings. The summed E-state index contributed by atoms with van der Waals surface area (Å²) >= 11 is -0.346. The van der Waals surface area contributed by atoms with Crippen molar-refractivity contribution in [1.29, 1.82) is 0 Å². The van der Waals surface area contributed by atoms with Gasteiger partial charge in [0.1, 0.15) is 16.7 Å². The molecule has 0 spiro atoms. The van der Waals surface area contributed by atoms with Gasteiger partial charge in [-0.05, 0) is 35.4 Å². The molecule has 240 valence electrons. The third-order valence-electron chi connectivity index (χ3n) is 7.54. The van der Waals surface area contributed by atoms with E-state index in [1.165, 1.54) is 0 Å². The van der Waals surface area contributed by atoms with Crippen molar-refractivity contribution in [2.75, 3.05) is 40.2 Å². The van der Waals surface area contributed by atoms with E-state index in [4.69, 9.17) is 49.8 Å². The molecule has 0 aromatic heterocycles. The summed E-state index contributed by atoms with van der Waals surface area (Å²) in [6, 6.07) is 27.6. The summed E-state index contributed by atoms with van der Waals surface area (Å²) in [5, 5.41) is 13.8. The van der Waals surface area contributed by atoms with E-state index in [1.807, 2.05) is 72.8 Å². The third-order valence-corrected chi connectivity index (χ3v) is 10.6. The molecule has 45 heavy (non-hydrogen) atoms. The van der Waals surface area contributed by atoms with Crippen LogP contribution in [0.2, 0.25) is 0 Å². The second kappa shape index (κ2) is 17.3. The first kappa shape index (κ1) is 35.9. The van der Waals surface area contributed by atoms with E-state index >= 15 is 0 Å². The van der Waals surface area contributed by atoms with E-state index in [-0.39, 0.29) is 40.8 Å². The van der Waals surface area contributed by atoms with Crippen molar-refractivity contribution >= 4 is 45.8 Å². The summed E-state index contributed by atoms with van der Waals surface area (Å²) in [5.74, 6) is 2.70. The van der Waals surface area contributed by atoms with Gasteiger partial charge in [0, 0.05) is 27.9 Å². The second-order valence-electron chi connectivity index (χ2n) is 10.8. The molecule has 6 rings (SSSR count). The molecular formula is C33H40Cl2N2O5P2Ru+4. The van der Waals surface area contributed by atoms with Crippen LogP contribution in [0.5, 0.6) is 23.0 Å². The van der Waals surface area contributed by atoms with E-state index in [2.05, 4.69) is 38.8 Å². The zero-order valence-electron chi connectivity index (χ0n) is 25.6. The van der Waals surface area contributed by atoms with Crippen LogP contribution in [0.25, 0.3) is 0 Å². The Morgan fingerprint density at radius 3 is 1.31 bits per heavy atom. The quantitative estimate of drug-likeness (QED) is 0.152. The Labute approximate surface area is 283 Å². The fourth-order valence-electron chi connectivity index (χ4n) is 5.31. The van der Waals surface area contributed by atoms with Crippen molar-refractivity contribution in [2.24, 2.45) is 11.5 Å². The summed E-state index contributed by atoms with van der Waals surface area (Å²) in [6.45, 7) is 9.22. The number of hydrogen-bond acceptors (Lipinski definition) is 7. The molecule has 2 atom stereocenters. The zero-order chi connectivity index (χ0) is 32.5. The van der Waals surface area contributed by atoms with Crippen molar-refractivity contribution in [3.8, 4) is 23.0 Å². The molecule has 2 aliphatic heterocycles. The minimum absolute atomic E-state index is 0.163. The Morgan fingerprint density at radius 2 is 0.978 bits per heavy atom. The van der Waals surface area contributed by atoms with Crippen molar-refractivity contribution < 1.29 is 39.2 Å². The SMILES string of the molecule is C[PH+](C)c1ccc2c(c1C(O)c1c([PH+](C)C)ccc3c1OCO3)OCO2.NC(c1ccccc1)C(N)c1ccccc1.[Cl][Ru+2][Cl]. The Kier molecular flexibility index (Phi) is 13.8. The van der Waals surface area contributed by atoms with Crippen LogP contribution in [0.4, 0.5) is 0 Å². The van der Waals surface area contributed by atoms with Gasteiger partial charge in [0.05, 0.1) is 37.8 Å². The van der Waals surface area contributed by atoms with Gasteiger partial charge in [-0.15, -0.1) is 0 Å². The van der Waals surface area contributed by atoms with Crippen LogP contribution in [0.15, 0.2) is 84.9 Å². The van der Waals surface area contributed by atoms with Crippen molar-refractivity contribution in [2.45, 2.75) is 18.2 Å². The molecule has 4 aromatic carbocycles. The topological polar surface area (TPSA) is 109 Å². The van der Waals surface area contributed by atoms with E-state index in [0.717, 1.165) is 32.9 Å². The first-order chi connectivity index (χ1) is 21.7. The summed E-state index contributed by atoms with van der Waals surface area (Å²) in [6.07, 6.45) is -0.840. The van der Waals surface area contributed by atoms with E-state index in [1.54, 1.807) is 0 Å². The van der Waals surface area contributed by atoms with Crippen LogP contribution in [-0.2, 0) is 15.1 Å². The monoisotopic (exact) mass is 778 g/mol. The summed E-state index contributed by atoms with van der Waals surface area (Å²) < 4.78 is 22.6. The molecule has 0 bridgehead atoms. The molecule has 5 N–H and O–H groups in total. The average Bonchev–Trinajstić information content (AvgIpc) is 3.74. The standard InChI is InChI=1S/C19H22O5P2.C14H16N2.2ClH.Ru/c1-25(2)13-7-5-11-18(23-9-21-11)15(13)17(20)16-14(26(3)4)8-6-12-19(16)24-10-22-12;15-13(11-7-3-1-4-8-11)14(16)12-9-5-2-6-10-12;;;/h5-8,17,20H,9-10H2,1-4H3;1-10,13-14H,15-16H2;2*1H;/q;;;;+4. The van der Waals surface area contributed by atoms with Crippen molar-refractivity contribution in [3.63, 3.8) is 0 Å². The molecule has 12 heteroatoms. The fourth-order valence-corrected chi connectivity index (χ4v) is 7.72. The number of nitrogens with two attached hydrogens (primary N) is 2. The van der Waals surface area contributed by atoms with Gasteiger partial charge in [0.15, 0.2) is 23.0 Å². The Balaban J connectivity index is 0.000000207. The zero-order valence-corrected chi connectivity index (χ0v) is 30.8. The second-order valence-corrected chi connectivity index (χ2v) is 18.6. The molecule has 2 heterocycles. The van der Waals surface area contributed by atoms with Crippen LogP contribution < -0.4 is 41.0 Å². The number of aliphatic hydroxyl groups is 1. The number of rotatable bonds is 7. The van der Waals surface area contributed by atoms with Crippen molar-refractivity contribution in [1.82, 2.24) is 0 Å². The molecule has 0 amide bonds. The molecule has 0 aliphatic carbocycles. The summed E-state index contributed by atoms with van der Waals surface area (Å²) in [5.41, 5.74) is 16.1. The van der Waals surface area contributed by atoms with Crippen LogP contribution in [-0.4, -0.2) is 45.4 Å². The summed E-state index contributed by atoms with van der Waals surface area (Å²) in [4.78, 5) is 0. The van der Waals surface area contributed by atoms with Gasteiger partial charge in [0.25, 0.3) is 0 Å². The molecule has 0 radical (unpaired) electrons. The molecule has 2 unspecified atom stereocenters. The molecule has 4 aromatic rings. The molecule has 7 nitrogen and oxygen atoms in total. The van der Waals surface area contributed by atoms with Gasteiger partial charge >= 0.3 is 34.5 Å². The van der Waals surface area contributed by atoms with Gasteiger partial charge in [-0.2, -0.15) is 0 Å². The van der Waals surface area contributed by atoms with Crippen LogP contribution in [0.1, 0.15) is 40.4 Å². The third kappa shape index (κ3) is 8.69. The minimum atomic E-state index is -0.840. The van der Waals surface area contributed by atoms with Crippen molar-refractivity contribution in [3.05, 3.63) is 107 Å². The number of aliphatic hydroxyl groups excluding tert-OH is 1. The molecule has 0 saturated carbocycles. The molecular weight excluding hydrogens is 738 g/mol. The number of hydrogen-bond donors (Lipinski definition) is 3. The van der Waals surface area contributed by atoms with Gasteiger partial charge in [-0.3, -0.25) is 0 Å². The maximum atomic E-state index is 11.5. The van der Waals surface area contributed by atoms with Crippen LogP contribution >= 0.6 is 35.2 Å². The van der Waals surface area contributed by atoms with Gasteiger partial charge in [-0.1, -0.05) is 60.7 Å². The number of benzene rings is 4. The van der Waals surface area contributed by atoms with E-state index in [0.29, 0.717) is 23.0 Å². The Bertz CT molecular complexity index is 1420. The predicted octanol–water partition coefficient (Wildman–Crippen LogP) is 6.19. The number of fused-ring (bicyclic) bond motifs is 2. The van der Waals surface area contributed by atoms with Gasteiger partial charge < -0.3 is 35.5 Å². The number of ether oxygens (including phenoxy) is 4. The van der Waals surface area contributed by atoms with Crippen LogP contribution in [0.3, 0.4) is 0 Å². The van der Waals surface area contributed by atoms with Gasteiger partial charge in [0.2, 0.25) is 13.6 Å². The first-order valence-electron chi connectivity index (χ1n) is 14.3. The number of halogens is 2. The first-order valence-corrected chi connectivity index (χ1v) is 23.8. The Hall–Kier alpha value is -1.98. The predicted molar refractivity (Wildman–Crippen MR) is 187 cm³/mol. The normalized spacial score (nSPS) is 14.0. The van der Waals surface area contributed by atoms with E-state index < -0.39 is 21.9 Å². The summed E-state index contributed by atoms with van der Waals surface area (Å²) in [7, 11) is 8.07.